The van der Waals surface area contributed by atoms with Crippen molar-refractivity contribution in [3.8, 4) is 0 Å². The normalized spacial score (nSPS) is 22.0. The molecule has 0 spiro atoms. The number of rotatable bonds is 18. The molecule has 0 saturated carbocycles. The van der Waals surface area contributed by atoms with Gasteiger partial charge < -0.3 is 0 Å². The Morgan fingerprint density at radius 2 is 0.919 bits per heavy atom. The van der Waals surface area contributed by atoms with Crippen LogP contribution in [0.15, 0.2) is 71.9 Å². The maximum absolute atomic E-state index is 3.56. The van der Waals surface area contributed by atoms with Gasteiger partial charge in [-0.25, -0.2) is 0 Å². The fourth-order valence-electron chi connectivity index (χ4n) is 4.35. The van der Waals surface area contributed by atoms with Crippen molar-refractivity contribution in [1.82, 2.24) is 0 Å². The zero-order chi connectivity index (χ0) is 25.8. The third kappa shape index (κ3) is 23.8. The van der Waals surface area contributed by atoms with Gasteiger partial charge in [-0.05, 0) is 0 Å². The predicted molar refractivity (Wildman–Crippen MR) is 160 cm³/mol. The Balaban J connectivity index is 0.00000122. The van der Waals surface area contributed by atoms with E-state index in [4.69, 9.17) is 0 Å². The minimum absolute atomic E-state index is 0. The summed E-state index contributed by atoms with van der Waals surface area (Å²) >= 11 is 0. The first kappa shape index (κ1) is 36.0. The zero-order valence-corrected chi connectivity index (χ0v) is 28.2. The van der Waals surface area contributed by atoms with E-state index in [0.29, 0.717) is 0 Å². The van der Waals surface area contributed by atoms with E-state index in [1.807, 2.05) is 42.5 Å². The van der Waals surface area contributed by atoms with E-state index in [1.165, 1.54) is 127 Å². The van der Waals surface area contributed by atoms with Crippen LogP contribution in [-0.2, 0) is 0 Å². The molecule has 200 valence electrons. The number of allylic oxidation sites excluding steroid dienone is 16. The largest absolute Gasteiger partial charge is 4.00 e. The number of unbranched alkanes of at least 4 members (excludes halogenated alkanes) is 14. The Bertz CT molecular complexity index is 639. The molecule has 0 aromatic heterocycles. The molecular formula is C36H52U. The van der Waals surface area contributed by atoms with Crippen LogP contribution in [0.3, 0.4) is 0 Å². The van der Waals surface area contributed by atoms with Gasteiger partial charge in [-0.1, -0.05) is 129 Å². The van der Waals surface area contributed by atoms with E-state index in [-0.39, 0.29) is 31.1 Å². The van der Waals surface area contributed by atoms with Crippen molar-refractivity contribution in [3.05, 3.63) is 96.2 Å². The van der Waals surface area contributed by atoms with Gasteiger partial charge in [0, 0.05) is 0 Å². The Labute approximate surface area is 255 Å². The molecule has 0 heterocycles. The molecule has 0 atom stereocenters. The van der Waals surface area contributed by atoms with Crippen LogP contribution in [0.1, 0.15) is 129 Å². The molecule has 0 unspecified atom stereocenters. The third-order valence-electron chi connectivity index (χ3n) is 6.54. The molecule has 2 rings (SSSR count). The molecule has 0 amide bonds. The van der Waals surface area contributed by atoms with E-state index in [1.54, 1.807) is 0 Å². The molecule has 0 aliphatic heterocycles. The molecule has 0 radical (unpaired) electrons. The zero-order valence-electron chi connectivity index (χ0n) is 24.0. The molecule has 0 N–H and O–H groups in total. The van der Waals surface area contributed by atoms with Gasteiger partial charge in [0.05, 0.1) is 0 Å². The van der Waals surface area contributed by atoms with Crippen LogP contribution in [0.2, 0.25) is 0 Å². The number of hydrogen-bond acceptors (Lipinski definition) is 0. The van der Waals surface area contributed by atoms with Crippen molar-refractivity contribution in [2.45, 2.75) is 129 Å². The average molecular weight is 723 g/mol. The van der Waals surface area contributed by atoms with E-state index in [9.17, 15) is 0 Å². The molecule has 2 aliphatic carbocycles. The van der Waals surface area contributed by atoms with Crippen molar-refractivity contribution >= 4 is 0 Å². The molecule has 0 aromatic rings. The smallest absolute Gasteiger partial charge is 0.184 e. The van der Waals surface area contributed by atoms with E-state index >= 15 is 0 Å². The van der Waals surface area contributed by atoms with Gasteiger partial charge in [0.15, 0.2) is 0 Å². The van der Waals surface area contributed by atoms with Crippen LogP contribution in [-0.4, -0.2) is 0 Å². The second-order valence-corrected chi connectivity index (χ2v) is 9.82. The van der Waals surface area contributed by atoms with Gasteiger partial charge in [-0.2, -0.15) is 96.2 Å². The standard InChI is InChI=1S/C28H46.C8H6.U/c1-3-5-7-9-11-13-15-19-23-27-25-21-17-18-22-26-28(27)24-20-16-14-12-10-8-6-4-2;1-2-4-6-8-7-5-3-1;/h17-18,21,26H,3-16,19-20,23-24H2,1-2H3;1-3,6-8H;/q2*-2;+4/b18-17?,21-17-,28-26-,28-27?;2-1-,3-1?,8-6?,8-7-;. The summed E-state index contributed by atoms with van der Waals surface area (Å²) in [5, 5.41) is 0. The van der Waals surface area contributed by atoms with E-state index in [0.717, 1.165) is 0 Å². The molecular weight excluding hydrogens is 670 g/mol. The van der Waals surface area contributed by atoms with Crippen LogP contribution in [0, 0.1) is 55.4 Å². The first-order valence-electron chi connectivity index (χ1n) is 14.9. The molecule has 0 aromatic carbocycles. The van der Waals surface area contributed by atoms with Gasteiger partial charge in [-0.3, -0.25) is 0 Å². The second kappa shape index (κ2) is 29.5. The average Bonchev–Trinajstić information content (AvgIpc) is 2.85. The van der Waals surface area contributed by atoms with Gasteiger partial charge >= 0.3 is 31.1 Å². The summed E-state index contributed by atoms with van der Waals surface area (Å²) in [6.07, 6.45) is 56.8. The monoisotopic (exact) mass is 722 g/mol. The summed E-state index contributed by atoms with van der Waals surface area (Å²) in [6.45, 7) is 4.58. The SMILES string of the molecule is CCCCCCCCCCC1=C/[C-]=C/C=C\[C-]=C\1CCCCCCCCCC.[C-]1=C\C=C/[C-]=C\C=C/1.[U+4]. The maximum atomic E-state index is 3.56. The van der Waals surface area contributed by atoms with Gasteiger partial charge in [0.25, 0.3) is 0 Å². The summed E-state index contributed by atoms with van der Waals surface area (Å²) in [5.74, 6) is 0. The fourth-order valence-corrected chi connectivity index (χ4v) is 4.35. The van der Waals surface area contributed by atoms with Crippen LogP contribution in [0.4, 0.5) is 0 Å². The second-order valence-electron chi connectivity index (χ2n) is 9.82. The van der Waals surface area contributed by atoms with Crippen molar-refractivity contribution in [3.63, 3.8) is 0 Å². The molecule has 0 fully saturated rings. The first-order chi connectivity index (χ1) is 17.9. The molecule has 0 nitrogen and oxygen atoms in total. The summed E-state index contributed by atoms with van der Waals surface area (Å²) < 4.78 is 0. The van der Waals surface area contributed by atoms with Crippen LogP contribution in [0.25, 0.3) is 0 Å². The Morgan fingerprint density at radius 3 is 1.46 bits per heavy atom. The van der Waals surface area contributed by atoms with Gasteiger partial charge in [-0.15, -0.1) is 0 Å². The summed E-state index contributed by atoms with van der Waals surface area (Å²) in [4.78, 5) is 0. The van der Waals surface area contributed by atoms with Crippen LogP contribution >= 0.6 is 0 Å². The summed E-state index contributed by atoms with van der Waals surface area (Å²) in [5.41, 5.74) is 2.92. The van der Waals surface area contributed by atoms with Crippen molar-refractivity contribution in [2.24, 2.45) is 0 Å². The molecule has 1 heteroatoms. The molecule has 37 heavy (non-hydrogen) atoms. The van der Waals surface area contributed by atoms with Crippen LogP contribution < -0.4 is 0 Å². The Hall–Kier alpha value is -1.03. The fraction of sp³-hybridized carbons (Fsp3) is 0.556. The predicted octanol–water partition coefficient (Wildman–Crippen LogP) is 11.5. The van der Waals surface area contributed by atoms with E-state index in [2.05, 4.69) is 56.4 Å². The number of hydrogen-bond donors (Lipinski definition) is 0. The molecule has 0 bridgehead atoms. The Kier molecular flexibility index (Phi) is 28.7. The minimum Gasteiger partial charge on any atom is -0.184 e. The third-order valence-corrected chi connectivity index (χ3v) is 6.54. The first-order valence-corrected chi connectivity index (χ1v) is 14.9. The summed E-state index contributed by atoms with van der Waals surface area (Å²) in [7, 11) is 0. The minimum atomic E-state index is 0. The van der Waals surface area contributed by atoms with Gasteiger partial charge in [0.2, 0.25) is 0 Å². The molecule has 0 saturated heterocycles. The van der Waals surface area contributed by atoms with Crippen LogP contribution in [0.5, 0.6) is 0 Å². The van der Waals surface area contributed by atoms with Gasteiger partial charge in [0.1, 0.15) is 0 Å². The molecule has 2 aliphatic rings. The van der Waals surface area contributed by atoms with Crippen molar-refractivity contribution in [2.75, 3.05) is 0 Å². The van der Waals surface area contributed by atoms with Crippen molar-refractivity contribution in [1.29, 1.82) is 0 Å². The van der Waals surface area contributed by atoms with Crippen molar-refractivity contribution < 1.29 is 31.1 Å². The van der Waals surface area contributed by atoms with E-state index < -0.39 is 0 Å². The maximum Gasteiger partial charge on any atom is 4.00 e. The Morgan fingerprint density at radius 1 is 0.486 bits per heavy atom. The quantitative estimate of drug-likeness (QED) is 0.0976. The summed E-state index contributed by atoms with van der Waals surface area (Å²) in [6, 6.07) is 0. The topological polar surface area (TPSA) is 0 Å².